The van der Waals surface area contributed by atoms with Crippen LogP contribution >= 0.6 is 0 Å². The lowest BCUT2D eigenvalue weighted by atomic mass is 9.68. The molecule has 0 aliphatic heterocycles. The monoisotopic (exact) mass is 616 g/mol. The number of hydrogen-bond acceptors (Lipinski definition) is 4. The quantitative estimate of drug-likeness (QED) is 0.142. The number of aryl methyl sites for hydroxylation is 2. The van der Waals surface area contributed by atoms with Crippen LogP contribution in [0.2, 0.25) is 0 Å². The van der Waals surface area contributed by atoms with E-state index >= 15 is 0 Å². The summed E-state index contributed by atoms with van der Waals surface area (Å²) < 4.78 is 0. The highest BCUT2D eigenvalue weighted by molar-refractivity contribution is 5.67. The maximum absolute atomic E-state index is 12.5. The molecular formula is C41H60O4. The molecule has 3 aromatic carbocycles. The van der Waals surface area contributed by atoms with E-state index in [9.17, 15) is 20.4 Å². The molecule has 3 rings (SSSR count). The Labute approximate surface area is 273 Å². The van der Waals surface area contributed by atoms with Crippen LogP contribution in [0.15, 0.2) is 30.3 Å². The van der Waals surface area contributed by atoms with E-state index < -0.39 is 16.7 Å². The standard InChI is InChI=1S/C41H60O4/c1-15-24-19-26(35(43)28(21-24)38(5,6)7)32(27-20-25(16-2)22-29(36(27)44)39(8,9)10)33-34(41(13,14)18-4)31(42)23-30(37(33)45)40(11,12)17-3/h19-23,32,42-45H,15-18H2,1-14H3. The average Bonchev–Trinajstić information content (AvgIpc) is 2.94. The first-order valence-corrected chi connectivity index (χ1v) is 16.9. The first-order chi connectivity index (χ1) is 20.6. The highest BCUT2D eigenvalue weighted by Crippen LogP contribution is 2.55. The van der Waals surface area contributed by atoms with E-state index in [1.807, 2.05) is 12.1 Å². The summed E-state index contributed by atoms with van der Waals surface area (Å²) in [6.45, 7) is 29.2. The van der Waals surface area contributed by atoms with Crippen molar-refractivity contribution in [1.82, 2.24) is 0 Å². The number of aromatic hydroxyl groups is 4. The van der Waals surface area contributed by atoms with Crippen molar-refractivity contribution < 1.29 is 20.4 Å². The molecule has 0 radical (unpaired) electrons. The van der Waals surface area contributed by atoms with Crippen molar-refractivity contribution in [3.8, 4) is 23.0 Å². The Morgan fingerprint density at radius 3 is 1.24 bits per heavy atom. The average molecular weight is 617 g/mol. The molecule has 0 bridgehead atoms. The van der Waals surface area contributed by atoms with Crippen LogP contribution < -0.4 is 0 Å². The number of rotatable bonds is 9. The van der Waals surface area contributed by atoms with Gasteiger partial charge in [-0.2, -0.15) is 0 Å². The Hall–Kier alpha value is -3.14. The Balaban J connectivity index is 2.80. The lowest BCUT2D eigenvalue weighted by Crippen LogP contribution is -2.24. The lowest BCUT2D eigenvalue weighted by Gasteiger charge is -2.36. The predicted molar refractivity (Wildman–Crippen MR) is 190 cm³/mol. The van der Waals surface area contributed by atoms with Crippen molar-refractivity contribution >= 4 is 0 Å². The fourth-order valence-electron chi connectivity index (χ4n) is 6.46. The summed E-state index contributed by atoms with van der Waals surface area (Å²) in [4.78, 5) is 0. The first kappa shape index (κ1) is 36.3. The highest BCUT2D eigenvalue weighted by atomic mass is 16.3. The molecule has 0 unspecified atom stereocenters. The third-order valence-electron chi connectivity index (χ3n) is 10.2. The van der Waals surface area contributed by atoms with Crippen molar-refractivity contribution in [3.63, 3.8) is 0 Å². The molecule has 45 heavy (non-hydrogen) atoms. The first-order valence-electron chi connectivity index (χ1n) is 16.9. The number of hydrogen-bond donors (Lipinski definition) is 4. The third-order valence-corrected chi connectivity index (χ3v) is 10.2. The fraction of sp³-hybridized carbons (Fsp3) is 0.561. The van der Waals surface area contributed by atoms with Crippen molar-refractivity contribution in [2.24, 2.45) is 0 Å². The van der Waals surface area contributed by atoms with E-state index in [1.54, 1.807) is 6.07 Å². The molecule has 0 amide bonds. The largest absolute Gasteiger partial charge is 0.508 e. The normalized spacial score (nSPS) is 13.1. The topological polar surface area (TPSA) is 80.9 Å². The van der Waals surface area contributed by atoms with Gasteiger partial charge >= 0.3 is 0 Å². The maximum atomic E-state index is 12.5. The van der Waals surface area contributed by atoms with Gasteiger partial charge in [-0.25, -0.2) is 0 Å². The summed E-state index contributed by atoms with van der Waals surface area (Å²) in [6, 6.07) is 9.94. The molecule has 4 N–H and O–H groups in total. The van der Waals surface area contributed by atoms with Gasteiger partial charge in [0.05, 0.1) is 0 Å². The van der Waals surface area contributed by atoms with Gasteiger partial charge < -0.3 is 20.4 Å². The Kier molecular flexibility index (Phi) is 10.1. The second kappa shape index (κ2) is 12.6. The summed E-state index contributed by atoms with van der Waals surface area (Å²) >= 11 is 0. The molecule has 0 aromatic heterocycles. The Morgan fingerprint density at radius 1 is 0.511 bits per heavy atom. The molecule has 0 saturated carbocycles. The molecular weight excluding hydrogens is 556 g/mol. The molecule has 4 nitrogen and oxygen atoms in total. The van der Waals surface area contributed by atoms with E-state index in [2.05, 4.69) is 109 Å². The number of phenolic OH excluding ortho intramolecular Hbond substituents is 4. The van der Waals surface area contributed by atoms with Crippen LogP contribution in [0.5, 0.6) is 23.0 Å². The van der Waals surface area contributed by atoms with Gasteiger partial charge in [0.25, 0.3) is 0 Å². The molecule has 3 aromatic rings. The molecule has 0 fully saturated rings. The van der Waals surface area contributed by atoms with E-state index in [1.165, 1.54) is 0 Å². The van der Waals surface area contributed by atoms with Crippen molar-refractivity contribution in [2.75, 3.05) is 0 Å². The molecule has 0 atom stereocenters. The number of benzene rings is 3. The minimum atomic E-state index is -0.760. The van der Waals surface area contributed by atoms with Crippen molar-refractivity contribution in [3.05, 3.63) is 80.4 Å². The van der Waals surface area contributed by atoms with E-state index in [0.717, 1.165) is 41.5 Å². The van der Waals surface area contributed by atoms with Gasteiger partial charge in [0, 0.05) is 33.7 Å². The molecule has 0 spiro atoms. The zero-order valence-corrected chi connectivity index (χ0v) is 30.6. The van der Waals surface area contributed by atoms with Crippen LogP contribution in [-0.2, 0) is 34.5 Å². The summed E-state index contributed by atoms with van der Waals surface area (Å²) in [6.07, 6.45) is 2.96. The van der Waals surface area contributed by atoms with Crippen LogP contribution in [0.25, 0.3) is 0 Å². The zero-order valence-electron chi connectivity index (χ0n) is 30.6. The Bertz CT molecular complexity index is 1470. The van der Waals surface area contributed by atoms with Gasteiger partial charge in [0.2, 0.25) is 0 Å². The molecule has 248 valence electrons. The number of phenols is 4. The van der Waals surface area contributed by atoms with Gasteiger partial charge in [-0.15, -0.1) is 0 Å². The predicted octanol–water partition coefficient (Wildman–Crippen LogP) is 10.8. The Morgan fingerprint density at radius 2 is 0.911 bits per heavy atom. The SMILES string of the molecule is CCc1cc(C(c2cc(CC)cc(C(C)(C)C)c2O)c2c(O)c(C(C)(C)CC)cc(O)c2C(C)(C)CC)c(O)c(C(C)(C)C)c1. The molecule has 0 aliphatic carbocycles. The molecule has 0 saturated heterocycles. The van der Waals surface area contributed by atoms with E-state index in [4.69, 9.17) is 0 Å². The molecule has 0 aliphatic rings. The summed E-state index contributed by atoms with van der Waals surface area (Å²) in [5.41, 5.74) is 5.14. The fourth-order valence-corrected chi connectivity index (χ4v) is 6.46. The van der Waals surface area contributed by atoms with Crippen molar-refractivity contribution in [2.45, 2.75) is 150 Å². The summed E-state index contributed by atoms with van der Waals surface area (Å²) in [5, 5.41) is 49.0. The van der Waals surface area contributed by atoms with Gasteiger partial charge in [0.15, 0.2) is 0 Å². The minimum Gasteiger partial charge on any atom is -0.508 e. The van der Waals surface area contributed by atoms with Crippen LogP contribution in [0, 0.1) is 0 Å². The van der Waals surface area contributed by atoms with Crippen LogP contribution in [0.3, 0.4) is 0 Å². The van der Waals surface area contributed by atoms with Gasteiger partial charge in [-0.3, -0.25) is 0 Å². The molecule has 4 heteroatoms. The minimum absolute atomic E-state index is 0.110. The van der Waals surface area contributed by atoms with Crippen LogP contribution in [0.1, 0.15) is 166 Å². The van der Waals surface area contributed by atoms with Crippen LogP contribution in [0.4, 0.5) is 0 Å². The van der Waals surface area contributed by atoms with Gasteiger partial charge in [-0.1, -0.05) is 121 Å². The second-order valence-corrected chi connectivity index (χ2v) is 16.4. The van der Waals surface area contributed by atoms with E-state index in [-0.39, 0.29) is 33.8 Å². The highest BCUT2D eigenvalue weighted by Gasteiger charge is 2.40. The van der Waals surface area contributed by atoms with Gasteiger partial charge in [0.1, 0.15) is 23.0 Å². The lowest BCUT2D eigenvalue weighted by molar-refractivity contribution is 0.389. The molecule has 0 heterocycles. The summed E-state index contributed by atoms with van der Waals surface area (Å²) in [5.74, 6) is -0.214. The van der Waals surface area contributed by atoms with E-state index in [0.29, 0.717) is 34.2 Å². The third kappa shape index (κ3) is 6.86. The second-order valence-electron chi connectivity index (χ2n) is 16.4. The zero-order chi connectivity index (χ0) is 34.4. The van der Waals surface area contributed by atoms with Crippen molar-refractivity contribution in [1.29, 1.82) is 0 Å². The van der Waals surface area contributed by atoms with Crippen LogP contribution in [-0.4, -0.2) is 20.4 Å². The summed E-state index contributed by atoms with van der Waals surface area (Å²) in [7, 11) is 0. The maximum Gasteiger partial charge on any atom is 0.124 e. The smallest absolute Gasteiger partial charge is 0.124 e. The van der Waals surface area contributed by atoms with Gasteiger partial charge in [-0.05, 0) is 75.7 Å².